The fourth-order valence-corrected chi connectivity index (χ4v) is 4.15. The molecule has 2 saturated heterocycles. The molecule has 1 N–H and O–H groups in total. The van der Waals surface area contributed by atoms with Crippen LogP contribution >= 0.6 is 0 Å². The molecule has 2 heterocycles. The van der Waals surface area contributed by atoms with Crippen LogP contribution in [-0.2, 0) is 0 Å². The van der Waals surface area contributed by atoms with E-state index in [4.69, 9.17) is 0 Å². The molecule has 0 aromatic heterocycles. The fraction of sp³-hybridized carbons (Fsp3) is 0.933. The summed E-state index contributed by atoms with van der Waals surface area (Å²) in [5.74, 6) is 0.326. The van der Waals surface area contributed by atoms with E-state index in [1.807, 2.05) is 4.90 Å². The van der Waals surface area contributed by atoms with Gasteiger partial charge in [-0.25, -0.2) is 4.79 Å². The van der Waals surface area contributed by atoms with Crippen molar-refractivity contribution in [3.63, 3.8) is 0 Å². The molecule has 3 atom stereocenters. The smallest absolute Gasteiger partial charge is 0.320 e. The Morgan fingerprint density at radius 1 is 0.895 bits per heavy atom. The van der Waals surface area contributed by atoms with Gasteiger partial charge in [0.2, 0.25) is 0 Å². The Morgan fingerprint density at radius 3 is 2.32 bits per heavy atom. The average molecular weight is 266 g/mol. The van der Waals surface area contributed by atoms with Gasteiger partial charge in [0.15, 0.2) is 0 Å². The number of urea groups is 1. The lowest BCUT2D eigenvalue weighted by atomic mass is 9.88. The molecule has 3 rings (SSSR count). The van der Waals surface area contributed by atoms with E-state index < -0.39 is 0 Å². The highest BCUT2D eigenvalue weighted by atomic mass is 16.3. The lowest BCUT2D eigenvalue weighted by Gasteiger charge is -2.42. The zero-order chi connectivity index (χ0) is 13.2. The Balaban J connectivity index is 1.71. The third kappa shape index (κ3) is 2.60. The van der Waals surface area contributed by atoms with Crippen molar-refractivity contribution in [3.8, 4) is 0 Å². The molecule has 1 aliphatic carbocycles. The van der Waals surface area contributed by atoms with Gasteiger partial charge in [0.1, 0.15) is 0 Å². The van der Waals surface area contributed by atoms with E-state index in [1.165, 1.54) is 6.42 Å². The molecule has 0 spiro atoms. The molecule has 2 amide bonds. The van der Waals surface area contributed by atoms with E-state index in [9.17, 15) is 9.90 Å². The molecule has 0 bridgehead atoms. The summed E-state index contributed by atoms with van der Waals surface area (Å²) in [6.07, 6.45) is 8.66. The molecule has 108 valence electrons. The number of hydrogen-bond donors (Lipinski definition) is 1. The number of carbonyl (C=O) groups excluding carboxylic acids is 1. The summed E-state index contributed by atoms with van der Waals surface area (Å²) in [5, 5.41) is 10.2. The molecular weight excluding hydrogens is 240 g/mol. The fourth-order valence-electron chi connectivity index (χ4n) is 4.15. The second-order valence-electron chi connectivity index (χ2n) is 6.40. The Bertz CT molecular complexity index is 328. The van der Waals surface area contributed by atoms with Gasteiger partial charge in [0.25, 0.3) is 0 Å². The van der Waals surface area contributed by atoms with Gasteiger partial charge in [-0.05, 0) is 44.9 Å². The number of carbonyl (C=O) groups is 1. The van der Waals surface area contributed by atoms with Crippen molar-refractivity contribution in [1.29, 1.82) is 0 Å². The molecule has 0 aromatic rings. The molecule has 3 unspecified atom stereocenters. The highest BCUT2D eigenvalue weighted by molar-refractivity contribution is 5.75. The van der Waals surface area contributed by atoms with Crippen molar-refractivity contribution in [1.82, 2.24) is 9.80 Å². The Labute approximate surface area is 115 Å². The number of piperidine rings is 1. The van der Waals surface area contributed by atoms with Crippen molar-refractivity contribution in [2.24, 2.45) is 5.92 Å². The second kappa shape index (κ2) is 5.70. The average Bonchev–Trinajstić information content (AvgIpc) is 3.09. The van der Waals surface area contributed by atoms with Gasteiger partial charge >= 0.3 is 6.03 Å². The SMILES string of the molecule is O=C(N1CCCC1)N1CCCCC1C1CCCC1O. The summed E-state index contributed by atoms with van der Waals surface area (Å²) in [6, 6.07) is 0.528. The van der Waals surface area contributed by atoms with Gasteiger partial charge in [0.05, 0.1) is 6.10 Å². The van der Waals surface area contributed by atoms with Crippen LogP contribution in [-0.4, -0.2) is 52.7 Å². The molecule has 3 aliphatic rings. The summed E-state index contributed by atoms with van der Waals surface area (Å²) in [7, 11) is 0. The van der Waals surface area contributed by atoms with E-state index in [-0.39, 0.29) is 12.1 Å². The van der Waals surface area contributed by atoms with E-state index >= 15 is 0 Å². The second-order valence-corrected chi connectivity index (χ2v) is 6.40. The van der Waals surface area contributed by atoms with Crippen LogP contribution in [0.3, 0.4) is 0 Å². The number of hydrogen-bond acceptors (Lipinski definition) is 2. The van der Waals surface area contributed by atoms with E-state index in [0.717, 1.165) is 64.6 Å². The van der Waals surface area contributed by atoms with Crippen LogP contribution < -0.4 is 0 Å². The maximum Gasteiger partial charge on any atom is 0.320 e. The van der Waals surface area contributed by atoms with Gasteiger partial charge in [-0.3, -0.25) is 0 Å². The standard InChI is InChI=1S/C15H26N2O2/c18-14-8-5-6-12(14)13-7-1-2-11-17(13)15(19)16-9-3-4-10-16/h12-14,18H,1-11H2. The Morgan fingerprint density at radius 2 is 1.63 bits per heavy atom. The molecule has 0 aromatic carbocycles. The molecule has 1 saturated carbocycles. The summed E-state index contributed by atoms with van der Waals surface area (Å²) < 4.78 is 0. The first kappa shape index (κ1) is 13.2. The van der Waals surface area contributed by atoms with Gasteiger partial charge < -0.3 is 14.9 Å². The highest BCUT2D eigenvalue weighted by Gasteiger charge is 2.40. The summed E-state index contributed by atoms with van der Waals surface area (Å²) in [6.45, 7) is 2.74. The highest BCUT2D eigenvalue weighted by Crippen LogP contribution is 2.35. The number of amides is 2. The van der Waals surface area contributed by atoms with E-state index in [1.54, 1.807) is 0 Å². The van der Waals surface area contributed by atoms with Crippen LogP contribution in [0.2, 0.25) is 0 Å². The van der Waals surface area contributed by atoms with Crippen molar-refractivity contribution < 1.29 is 9.90 Å². The lowest BCUT2D eigenvalue weighted by molar-refractivity contribution is 0.0442. The van der Waals surface area contributed by atoms with Gasteiger partial charge in [0, 0.05) is 31.6 Å². The minimum Gasteiger partial charge on any atom is -0.393 e. The van der Waals surface area contributed by atoms with Gasteiger partial charge in [-0.1, -0.05) is 6.42 Å². The Hall–Kier alpha value is -0.770. The molecule has 3 fully saturated rings. The predicted octanol–water partition coefficient (Wildman–Crippen LogP) is 2.22. The number of rotatable bonds is 1. The molecule has 0 radical (unpaired) electrons. The van der Waals surface area contributed by atoms with Crippen LogP contribution in [0.15, 0.2) is 0 Å². The third-order valence-electron chi connectivity index (χ3n) is 5.20. The number of aliphatic hydroxyl groups is 1. The molecule has 19 heavy (non-hydrogen) atoms. The number of likely N-dealkylation sites (tertiary alicyclic amines) is 2. The topological polar surface area (TPSA) is 43.8 Å². The van der Waals surface area contributed by atoms with Crippen LogP contribution in [0.4, 0.5) is 4.79 Å². The first-order valence-electron chi connectivity index (χ1n) is 8.01. The quantitative estimate of drug-likeness (QED) is 0.791. The van der Waals surface area contributed by atoms with Crippen molar-refractivity contribution >= 4 is 6.03 Å². The monoisotopic (exact) mass is 266 g/mol. The largest absolute Gasteiger partial charge is 0.393 e. The summed E-state index contributed by atoms with van der Waals surface area (Å²) in [5.41, 5.74) is 0. The molecular formula is C15H26N2O2. The first-order chi connectivity index (χ1) is 9.27. The number of aliphatic hydroxyl groups excluding tert-OH is 1. The molecule has 4 nitrogen and oxygen atoms in total. The minimum atomic E-state index is -0.183. The van der Waals surface area contributed by atoms with Crippen LogP contribution in [0.5, 0.6) is 0 Å². The number of nitrogens with zero attached hydrogens (tertiary/aromatic N) is 2. The zero-order valence-corrected chi connectivity index (χ0v) is 11.8. The van der Waals surface area contributed by atoms with Crippen LogP contribution in [0.25, 0.3) is 0 Å². The zero-order valence-electron chi connectivity index (χ0n) is 11.8. The molecule has 2 aliphatic heterocycles. The Kier molecular flexibility index (Phi) is 3.96. The van der Waals surface area contributed by atoms with E-state index in [2.05, 4.69) is 4.90 Å². The predicted molar refractivity (Wildman–Crippen MR) is 73.9 cm³/mol. The van der Waals surface area contributed by atoms with E-state index in [0.29, 0.717) is 12.0 Å². The third-order valence-corrected chi connectivity index (χ3v) is 5.20. The normalized spacial score (nSPS) is 35.9. The van der Waals surface area contributed by atoms with Crippen molar-refractivity contribution in [2.75, 3.05) is 19.6 Å². The van der Waals surface area contributed by atoms with Gasteiger partial charge in [-0.2, -0.15) is 0 Å². The first-order valence-corrected chi connectivity index (χ1v) is 8.01. The van der Waals surface area contributed by atoms with Gasteiger partial charge in [-0.15, -0.1) is 0 Å². The van der Waals surface area contributed by atoms with Crippen molar-refractivity contribution in [2.45, 2.75) is 63.5 Å². The van der Waals surface area contributed by atoms with Crippen molar-refractivity contribution in [3.05, 3.63) is 0 Å². The van der Waals surface area contributed by atoms with Crippen LogP contribution in [0.1, 0.15) is 51.4 Å². The summed E-state index contributed by atoms with van der Waals surface area (Å²) in [4.78, 5) is 16.7. The lowest BCUT2D eigenvalue weighted by Crippen LogP contribution is -2.53. The summed E-state index contributed by atoms with van der Waals surface area (Å²) >= 11 is 0. The maximum absolute atomic E-state index is 12.6. The van der Waals surface area contributed by atoms with Crippen LogP contribution in [0, 0.1) is 5.92 Å². The minimum absolute atomic E-state index is 0.183. The maximum atomic E-state index is 12.6. The molecule has 4 heteroatoms.